The van der Waals surface area contributed by atoms with E-state index in [4.69, 9.17) is 0 Å². The normalized spacial score (nSPS) is 17.5. The van der Waals surface area contributed by atoms with Gasteiger partial charge in [0.2, 0.25) is 0 Å². The molecule has 2 N–H and O–H groups in total. The van der Waals surface area contributed by atoms with Gasteiger partial charge in [-0.05, 0) is 29.2 Å². The van der Waals surface area contributed by atoms with Gasteiger partial charge in [0.05, 0.1) is 11.6 Å². The van der Waals surface area contributed by atoms with Crippen LogP contribution in [-0.2, 0) is 6.42 Å². The minimum Gasteiger partial charge on any atom is -0.354 e. The molecule has 0 spiro atoms. The van der Waals surface area contributed by atoms with Crippen molar-refractivity contribution in [1.29, 1.82) is 0 Å². The van der Waals surface area contributed by atoms with Gasteiger partial charge >= 0.3 is 0 Å². The van der Waals surface area contributed by atoms with Gasteiger partial charge in [-0.25, -0.2) is 0 Å². The molecule has 1 aliphatic rings. The average molecular weight is 297 g/mol. The van der Waals surface area contributed by atoms with E-state index in [1.807, 2.05) is 0 Å². The lowest BCUT2D eigenvalue weighted by Gasteiger charge is -2.27. The summed E-state index contributed by atoms with van der Waals surface area (Å²) >= 11 is 0. The van der Waals surface area contributed by atoms with E-state index in [0.29, 0.717) is 0 Å². The van der Waals surface area contributed by atoms with E-state index >= 15 is 0 Å². The molecule has 3 aromatic carbocycles. The van der Waals surface area contributed by atoms with Crippen LogP contribution in [0.5, 0.6) is 0 Å². The standard InChI is InChI=1S/C21H17N2/c1-2-6-16-14(5-1)11-12-22-21(16)15-9-10-18-17-7-3-4-8-19(17)23-20(18)13-15/h1-10,21-23H,11-12H2. The fourth-order valence-electron chi connectivity index (χ4n) is 3.74. The van der Waals surface area contributed by atoms with E-state index in [-0.39, 0.29) is 6.04 Å². The third-order valence-electron chi connectivity index (χ3n) is 4.87. The number of benzene rings is 3. The zero-order chi connectivity index (χ0) is 15.2. The second-order valence-corrected chi connectivity index (χ2v) is 6.21. The molecule has 4 aromatic rings. The van der Waals surface area contributed by atoms with Crippen molar-refractivity contribution in [3.05, 3.63) is 83.4 Å². The first kappa shape index (κ1) is 12.9. The van der Waals surface area contributed by atoms with E-state index in [1.54, 1.807) is 0 Å². The summed E-state index contributed by atoms with van der Waals surface area (Å²) in [7, 11) is 0. The van der Waals surface area contributed by atoms with Crippen molar-refractivity contribution in [3.63, 3.8) is 0 Å². The quantitative estimate of drug-likeness (QED) is 0.537. The molecule has 0 fully saturated rings. The summed E-state index contributed by atoms with van der Waals surface area (Å²) in [6.45, 7) is 1.01. The van der Waals surface area contributed by atoms with Gasteiger partial charge < -0.3 is 10.3 Å². The maximum absolute atomic E-state index is 3.64. The Hall–Kier alpha value is -2.58. The van der Waals surface area contributed by atoms with E-state index < -0.39 is 0 Å². The fourth-order valence-corrected chi connectivity index (χ4v) is 3.74. The molecule has 1 atom stereocenters. The van der Waals surface area contributed by atoms with E-state index in [9.17, 15) is 0 Å². The predicted octanol–water partition coefficient (Wildman–Crippen LogP) is 4.36. The Labute approximate surface area is 135 Å². The van der Waals surface area contributed by atoms with Crippen LogP contribution in [0.1, 0.15) is 22.7 Å². The molecule has 2 heteroatoms. The van der Waals surface area contributed by atoms with Gasteiger partial charge in [-0.15, -0.1) is 0 Å². The number of hydrogen-bond acceptors (Lipinski definition) is 1. The van der Waals surface area contributed by atoms with Gasteiger partial charge in [-0.1, -0.05) is 54.6 Å². The molecule has 1 unspecified atom stereocenters. The van der Waals surface area contributed by atoms with Crippen molar-refractivity contribution >= 4 is 21.8 Å². The van der Waals surface area contributed by atoms with Crippen LogP contribution in [0, 0.1) is 6.07 Å². The first-order valence-electron chi connectivity index (χ1n) is 8.14. The number of para-hydroxylation sites is 1. The van der Waals surface area contributed by atoms with Crippen LogP contribution in [0.3, 0.4) is 0 Å². The smallest absolute Gasteiger partial charge is 0.0586 e. The van der Waals surface area contributed by atoms with E-state index in [1.165, 1.54) is 33.0 Å². The number of H-pyrrole nitrogens is 1. The lowest BCUT2D eigenvalue weighted by Crippen LogP contribution is -2.30. The summed E-state index contributed by atoms with van der Waals surface area (Å²) < 4.78 is 0. The molecular weight excluding hydrogens is 280 g/mol. The number of nitrogens with one attached hydrogen (secondary N) is 2. The number of rotatable bonds is 1. The van der Waals surface area contributed by atoms with Crippen LogP contribution in [0.25, 0.3) is 21.8 Å². The molecule has 111 valence electrons. The number of hydrogen-bond donors (Lipinski definition) is 2. The molecule has 0 aliphatic carbocycles. The van der Waals surface area contributed by atoms with Crippen molar-refractivity contribution in [2.75, 3.05) is 6.54 Å². The van der Waals surface area contributed by atoms with Crippen molar-refractivity contribution in [2.24, 2.45) is 0 Å². The number of fused-ring (bicyclic) bond motifs is 4. The van der Waals surface area contributed by atoms with Crippen molar-refractivity contribution < 1.29 is 0 Å². The highest BCUT2D eigenvalue weighted by Gasteiger charge is 2.21. The Morgan fingerprint density at radius 2 is 1.74 bits per heavy atom. The Morgan fingerprint density at radius 3 is 2.74 bits per heavy atom. The molecule has 1 aliphatic heterocycles. The van der Waals surface area contributed by atoms with Gasteiger partial charge in [0.15, 0.2) is 0 Å². The molecule has 2 heterocycles. The van der Waals surface area contributed by atoms with Crippen LogP contribution < -0.4 is 5.32 Å². The van der Waals surface area contributed by atoms with Gasteiger partial charge in [-0.3, -0.25) is 0 Å². The summed E-state index contributed by atoms with van der Waals surface area (Å²) in [6, 6.07) is 25.4. The summed E-state index contributed by atoms with van der Waals surface area (Å²) in [4.78, 5) is 3.50. The fraction of sp³-hybridized carbons (Fsp3) is 0.143. The molecule has 2 nitrogen and oxygen atoms in total. The summed E-state index contributed by atoms with van der Waals surface area (Å²) in [5, 5.41) is 6.15. The molecule has 1 radical (unpaired) electrons. The number of aromatic nitrogens is 1. The summed E-state index contributed by atoms with van der Waals surface area (Å²) in [5.74, 6) is 0. The molecule has 0 bridgehead atoms. The first-order valence-corrected chi connectivity index (χ1v) is 8.14. The monoisotopic (exact) mass is 297 g/mol. The largest absolute Gasteiger partial charge is 0.354 e. The van der Waals surface area contributed by atoms with E-state index in [2.05, 4.69) is 77.0 Å². The van der Waals surface area contributed by atoms with Crippen molar-refractivity contribution in [3.8, 4) is 0 Å². The SMILES string of the molecule is [c]1c(C2NCCc3ccccc32)ccc2c1[nH]c1ccccc12. The summed E-state index contributed by atoms with van der Waals surface area (Å²) in [5.41, 5.74) is 6.30. The number of aromatic amines is 1. The third-order valence-corrected chi connectivity index (χ3v) is 4.87. The zero-order valence-electron chi connectivity index (χ0n) is 12.8. The van der Waals surface area contributed by atoms with Gasteiger partial charge in [0, 0.05) is 28.9 Å². The van der Waals surface area contributed by atoms with Crippen LogP contribution >= 0.6 is 0 Å². The van der Waals surface area contributed by atoms with Crippen LogP contribution in [-0.4, -0.2) is 11.5 Å². The van der Waals surface area contributed by atoms with Crippen LogP contribution in [0.2, 0.25) is 0 Å². The second-order valence-electron chi connectivity index (χ2n) is 6.21. The lowest BCUT2D eigenvalue weighted by molar-refractivity contribution is 0.568. The highest BCUT2D eigenvalue weighted by Crippen LogP contribution is 2.32. The molecule has 23 heavy (non-hydrogen) atoms. The average Bonchev–Trinajstić information content (AvgIpc) is 2.99. The van der Waals surface area contributed by atoms with Gasteiger partial charge in [0.1, 0.15) is 0 Å². The molecule has 0 saturated carbocycles. The highest BCUT2D eigenvalue weighted by atomic mass is 14.9. The second kappa shape index (κ2) is 4.97. The van der Waals surface area contributed by atoms with E-state index in [0.717, 1.165) is 18.5 Å². The maximum Gasteiger partial charge on any atom is 0.0586 e. The molecule has 1 aromatic heterocycles. The Balaban J connectivity index is 1.68. The van der Waals surface area contributed by atoms with Crippen LogP contribution in [0.15, 0.2) is 60.7 Å². The van der Waals surface area contributed by atoms with Crippen LogP contribution in [0.4, 0.5) is 0 Å². The lowest BCUT2D eigenvalue weighted by atomic mass is 9.89. The van der Waals surface area contributed by atoms with Gasteiger partial charge in [0.25, 0.3) is 0 Å². The maximum atomic E-state index is 3.64. The van der Waals surface area contributed by atoms with Crippen molar-refractivity contribution in [1.82, 2.24) is 10.3 Å². The van der Waals surface area contributed by atoms with Crippen molar-refractivity contribution in [2.45, 2.75) is 12.5 Å². The molecule has 5 rings (SSSR count). The Morgan fingerprint density at radius 1 is 0.870 bits per heavy atom. The molecule has 0 saturated heterocycles. The minimum absolute atomic E-state index is 0.232. The first-order chi connectivity index (χ1) is 11.4. The predicted molar refractivity (Wildman–Crippen MR) is 94.6 cm³/mol. The Kier molecular flexibility index (Phi) is 2.79. The molecular formula is C21H17N2. The molecule has 0 amide bonds. The Bertz CT molecular complexity index is 1010. The minimum atomic E-state index is 0.232. The topological polar surface area (TPSA) is 27.8 Å². The third kappa shape index (κ3) is 1.99. The summed E-state index contributed by atoms with van der Waals surface area (Å²) in [6.07, 6.45) is 1.10. The zero-order valence-corrected chi connectivity index (χ0v) is 12.8. The van der Waals surface area contributed by atoms with Gasteiger partial charge in [-0.2, -0.15) is 0 Å². The highest BCUT2D eigenvalue weighted by molar-refractivity contribution is 6.07.